The van der Waals surface area contributed by atoms with Gasteiger partial charge in [-0.05, 0) is 61.3 Å². The molecule has 1 fully saturated rings. The van der Waals surface area contributed by atoms with Crippen LogP contribution >= 0.6 is 11.3 Å². The molecular formula is C26H32N4O2S. The Morgan fingerprint density at radius 1 is 1.18 bits per heavy atom. The molecule has 1 aliphatic carbocycles. The Labute approximate surface area is 199 Å². The fraction of sp³-hybridized carbons (Fsp3) is 0.500. The lowest BCUT2D eigenvalue weighted by Crippen LogP contribution is -2.48. The van der Waals surface area contributed by atoms with Crippen LogP contribution in [0.25, 0.3) is 16.3 Å². The van der Waals surface area contributed by atoms with E-state index in [1.807, 2.05) is 35.3 Å². The number of carbonyl (C=O) groups excluding carboxylic acids is 1. The number of hydrogen-bond donors (Lipinski definition) is 0. The fourth-order valence-electron chi connectivity index (χ4n) is 5.01. The molecule has 1 saturated heterocycles. The molecule has 0 aromatic carbocycles. The lowest BCUT2D eigenvalue weighted by atomic mass is 9.72. The van der Waals surface area contributed by atoms with E-state index in [4.69, 9.17) is 9.40 Å². The Kier molecular flexibility index (Phi) is 5.77. The summed E-state index contributed by atoms with van der Waals surface area (Å²) in [5.41, 5.74) is 1.79. The lowest BCUT2D eigenvalue weighted by molar-refractivity contribution is -0.126. The molecule has 4 heterocycles. The molecule has 2 aliphatic rings. The van der Waals surface area contributed by atoms with E-state index in [1.54, 1.807) is 18.5 Å². The summed E-state index contributed by atoms with van der Waals surface area (Å²) >= 11 is 1.85. The average Bonchev–Trinajstić information content (AvgIpc) is 3.39. The molecule has 5 rings (SSSR count). The van der Waals surface area contributed by atoms with Gasteiger partial charge >= 0.3 is 0 Å². The monoisotopic (exact) mass is 464 g/mol. The number of piperazine rings is 1. The predicted octanol–water partition coefficient (Wildman–Crippen LogP) is 5.11. The van der Waals surface area contributed by atoms with Gasteiger partial charge in [0, 0.05) is 37.1 Å². The van der Waals surface area contributed by atoms with Gasteiger partial charge < -0.3 is 14.2 Å². The van der Waals surface area contributed by atoms with E-state index in [9.17, 15) is 4.79 Å². The van der Waals surface area contributed by atoms with Gasteiger partial charge in [0.1, 0.15) is 28.5 Å². The minimum atomic E-state index is 0.0256. The number of rotatable bonds is 3. The van der Waals surface area contributed by atoms with Crippen LogP contribution in [0.3, 0.4) is 0 Å². The van der Waals surface area contributed by atoms with Gasteiger partial charge in [-0.25, -0.2) is 9.97 Å². The van der Waals surface area contributed by atoms with Gasteiger partial charge in [0.15, 0.2) is 0 Å². The third-order valence-corrected chi connectivity index (χ3v) is 8.25. The van der Waals surface area contributed by atoms with Crippen LogP contribution in [0, 0.1) is 18.3 Å². The van der Waals surface area contributed by atoms with Crippen molar-refractivity contribution in [2.45, 2.75) is 47.0 Å². The number of fused-ring (bicyclic) bond motifs is 3. The van der Waals surface area contributed by atoms with Gasteiger partial charge in [-0.3, -0.25) is 4.79 Å². The van der Waals surface area contributed by atoms with Crippen molar-refractivity contribution in [1.29, 1.82) is 0 Å². The molecule has 0 radical (unpaired) electrons. The van der Waals surface area contributed by atoms with E-state index in [-0.39, 0.29) is 5.91 Å². The Morgan fingerprint density at radius 3 is 2.67 bits per heavy atom. The van der Waals surface area contributed by atoms with Gasteiger partial charge in [-0.1, -0.05) is 20.8 Å². The zero-order chi connectivity index (χ0) is 23.2. The first-order valence-corrected chi connectivity index (χ1v) is 12.6. The Hall–Kier alpha value is -2.67. The van der Waals surface area contributed by atoms with Crippen LogP contribution in [-0.4, -0.2) is 47.0 Å². The van der Waals surface area contributed by atoms with Crippen LogP contribution in [0.1, 0.15) is 49.2 Å². The van der Waals surface area contributed by atoms with Crippen LogP contribution in [0.4, 0.5) is 5.82 Å². The van der Waals surface area contributed by atoms with Crippen molar-refractivity contribution in [3.05, 3.63) is 46.5 Å². The van der Waals surface area contributed by atoms with E-state index < -0.39 is 0 Å². The highest BCUT2D eigenvalue weighted by Crippen LogP contribution is 2.44. The fourth-order valence-corrected chi connectivity index (χ4v) is 6.27. The lowest BCUT2D eigenvalue weighted by Gasteiger charge is -2.36. The number of thiophene rings is 1. The van der Waals surface area contributed by atoms with Gasteiger partial charge in [-0.2, -0.15) is 0 Å². The quantitative estimate of drug-likeness (QED) is 0.504. The molecule has 1 atom stereocenters. The highest BCUT2D eigenvalue weighted by molar-refractivity contribution is 7.19. The SMILES string of the molecule is Cc1ccc(/C=C/C(=O)N2CCN(c3ncnc4sc5c(c34)CC[C@H](C(C)(C)C)C5)CC2)o1. The van der Waals surface area contributed by atoms with Crippen LogP contribution in [0.2, 0.25) is 0 Å². The number of hydrogen-bond acceptors (Lipinski definition) is 6. The number of carbonyl (C=O) groups is 1. The van der Waals surface area contributed by atoms with Crippen molar-refractivity contribution in [2.24, 2.45) is 11.3 Å². The van der Waals surface area contributed by atoms with Crippen molar-refractivity contribution < 1.29 is 9.21 Å². The molecule has 0 spiro atoms. The van der Waals surface area contributed by atoms with Crippen molar-refractivity contribution >= 4 is 39.4 Å². The molecule has 174 valence electrons. The highest BCUT2D eigenvalue weighted by Gasteiger charge is 2.32. The summed E-state index contributed by atoms with van der Waals surface area (Å²) in [6, 6.07) is 3.78. The molecule has 1 aliphatic heterocycles. The molecule has 0 bridgehead atoms. The normalized spacial score (nSPS) is 19.5. The standard InChI is InChI=1S/C26H32N4O2S/c1-17-5-7-19(32-17)8-10-22(31)29-11-13-30(14-12-29)24-23-20-9-6-18(26(2,3)4)15-21(20)33-25(23)28-16-27-24/h5,7-8,10,16,18H,6,9,11-15H2,1-4H3/b10-8+/t18-/m0/s1. The smallest absolute Gasteiger partial charge is 0.246 e. The number of aromatic nitrogens is 2. The summed E-state index contributed by atoms with van der Waals surface area (Å²) in [6.07, 6.45) is 8.53. The molecular weight excluding hydrogens is 432 g/mol. The minimum absolute atomic E-state index is 0.0256. The third kappa shape index (κ3) is 4.43. The maximum Gasteiger partial charge on any atom is 0.246 e. The second-order valence-electron chi connectivity index (χ2n) is 10.3. The molecule has 0 saturated carbocycles. The molecule has 1 amide bonds. The van der Waals surface area contributed by atoms with Gasteiger partial charge in [0.05, 0.1) is 5.39 Å². The summed E-state index contributed by atoms with van der Waals surface area (Å²) in [6.45, 7) is 11.9. The molecule has 3 aromatic heterocycles. The highest BCUT2D eigenvalue weighted by atomic mass is 32.1. The van der Waals surface area contributed by atoms with Crippen LogP contribution in [0.5, 0.6) is 0 Å². The number of furan rings is 1. The van der Waals surface area contributed by atoms with Crippen molar-refractivity contribution in [3.8, 4) is 0 Å². The number of anilines is 1. The number of aryl methyl sites for hydroxylation is 2. The topological polar surface area (TPSA) is 62.5 Å². The maximum atomic E-state index is 12.7. The summed E-state index contributed by atoms with van der Waals surface area (Å²) < 4.78 is 5.52. The maximum absolute atomic E-state index is 12.7. The summed E-state index contributed by atoms with van der Waals surface area (Å²) in [7, 11) is 0. The first-order chi connectivity index (χ1) is 15.8. The summed E-state index contributed by atoms with van der Waals surface area (Å²) in [5, 5.41) is 1.25. The van der Waals surface area contributed by atoms with E-state index in [2.05, 4.69) is 30.7 Å². The first kappa shape index (κ1) is 22.1. The van der Waals surface area contributed by atoms with E-state index in [0.717, 1.165) is 42.3 Å². The van der Waals surface area contributed by atoms with Crippen LogP contribution in [-0.2, 0) is 17.6 Å². The molecule has 7 heteroatoms. The molecule has 3 aromatic rings. The number of amides is 1. The third-order valence-electron chi connectivity index (χ3n) is 7.09. The van der Waals surface area contributed by atoms with Crippen molar-refractivity contribution in [1.82, 2.24) is 14.9 Å². The second-order valence-corrected chi connectivity index (χ2v) is 11.4. The van der Waals surface area contributed by atoms with E-state index in [0.29, 0.717) is 30.2 Å². The molecule has 33 heavy (non-hydrogen) atoms. The van der Waals surface area contributed by atoms with E-state index in [1.165, 1.54) is 22.2 Å². The van der Waals surface area contributed by atoms with Gasteiger partial charge in [0.2, 0.25) is 5.91 Å². The van der Waals surface area contributed by atoms with Crippen LogP contribution < -0.4 is 4.90 Å². The molecule has 0 unspecified atom stereocenters. The van der Waals surface area contributed by atoms with E-state index >= 15 is 0 Å². The van der Waals surface area contributed by atoms with Crippen LogP contribution in [0.15, 0.2) is 29.0 Å². The zero-order valence-electron chi connectivity index (χ0n) is 19.9. The first-order valence-electron chi connectivity index (χ1n) is 11.8. The molecule has 0 N–H and O–H groups in total. The predicted molar refractivity (Wildman–Crippen MR) is 134 cm³/mol. The number of nitrogens with zero attached hydrogens (tertiary/aromatic N) is 4. The van der Waals surface area contributed by atoms with Crippen molar-refractivity contribution in [3.63, 3.8) is 0 Å². The Balaban J connectivity index is 1.30. The van der Waals surface area contributed by atoms with Gasteiger partial charge in [0.25, 0.3) is 0 Å². The average molecular weight is 465 g/mol. The van der Waals surface area contributed by atoms with Crippen molar-refractivity contribution in [2.75, 3.05) is 31.1 Å². The Bertz CT molecular complexity index is 1190. The summed E-state index contributed by atoms with van der Waals surface area (Å²) in [5.74, 6) is 3.33. The van der Waals surface area contributed by atoms with Gasteiger partial charge in [-0.15, -0.1) is 11.3 Å². The Morgan fingerprint density at radius 2 is 1.97 bits per heavy atom. The largest absolute Gasteiger partial charge is 0.462 e. The summed E-state index contributed by atoms with van der Waals surface area (Å²) in [4.78, 5) is 28.8. The second kappa shape index (κ2) is 8.60. The zero-order valence-corrected chi connectivity index (χ0v) is 20.7. The minimum Gasteiger partial charge on any atom is -0.462 e. The molecule has 6 nitrogen and oxygen atoms in total.